The summed E-state index contributed by atoms with van der Waals surface area (Å²) in [4.78, 5) is 34.9. The summed E-state index contributed by atoms with van der Waals surface area (Å²) < 4.78 is 11.2. The highest BCUT2D eigenvalue weighted by atomic mass is 16.5. The number of H-pyrrole nitrogens is 1. The molecule has 6 rings (SSSR count). The normalized spacial score (nSPS) is 15.7. The van der Waals surface area contributed by atoms with Crippen LogP contribution in [0, 0.1) is 6.92 Å². The molecule has 1 fully saturated rings. The van der Waals surface area contributed by atoms with E-state index >= 15 is 0 Å². The number of amides is 1. The highest BCUT2D eigenvalue weighted by molar-refractivity contribution is 5.84. The second kappa shape index (κ2) is 8.86. The number of aryl methyl sites for hydroxylation is 1. The smallest absolute Gasteiger partial charge is 0.251 e. The predicted molar refractivity (Wildman–Crippen MR) is 128 cm³/mol. The summed E-state index contributed by atoms with van der Waals surface area (Å²) in [6.45, 7) is 2.47. The number of carbonyl (C=O) groups is 1. The third kappa shape index (κ3) is 4.16. The van der Waals surface area contributed by atoms with E-state index in [2.05, 4.69) is 30.1 Å². The Hall–Kier alpha value is -4.64. The van der Waals surface area contributed by atoms with Crippen LogP contribution in [0.4, 0.5) is 0 Å². The van der Waals surface area contributed by atoms with E-state index in [1.165, 1.54) is 0 Å². The maximum absolute atomic E-state index is 12.4. The maximum Gasteiger partial charge on any atom is 0.251 e. The summed E-state index contributed by atoms with van der Waals surface area (Å²) in [6.07, 6.45) is 2.72. The average Bonchev–Trinajstić information content (AvgIpc) is 3.60. The van der Waals surface area contributed by atoms with Gasteiger partial charge in [-0.2, -0.15) is 4.98 Å². The molecule has 1 aliphatic rings. The molecule has 0 radical (unpaired) electrons. The third-order valence-electron chi connectivity index (χ3n) is 5.92. The molecule has 0 saturated carbocycles. The van der Waals surface area contributed by atoms with Gasteiger partial charge in [0.05, 0.1) is 17.2 Å². The number of ether oxygens (including phenoxy) is 1. The number of aliphatic hydroxyl groups is 1. The quantitative estimate of drug-likeness (QED) is 0.372. The van der Waals surface area contributed by atoms with Gasteiger partial charge in [-0.25, -0.2) is 9.97 Å². The molecule has 4 aromatic heterocycles. The Morgan fingerprint density at radius 1 is 1.17 bits per heavy atom. The van der Waals surface area contributed by atoms with Gasteiger partial charge in [-0.05, 0) is 36.8 Å². The highest BCUT2D eigenvalue weighted by Crippen LogP contribution is 2.32. The molecular formula is C25H21N7O4. The van der Waals surface area contributed by atoms with Crippen molar-refractivity contribution < 1.29 is 19.2 Å². The van der Waals surface area contributed by atoms with Crippen molar-refractivity contribution in [1.29, 1.82) is 0 Å². The largest absolute Gasteiger partial charge is 0.455 e. The van der Waals surface area contributed by atoms with Gasteiger partial charge in [-0.1, -0.05) is 11.2 Å². The van der Waals surface area contributed by atoms with Crippen LogP contribution in [-0.4, -0.2) is 58.6 Å². The van der Waals surface area contributed by atoms with Crippen molar-refractivity contribution in [2.75, 3.05) is 6.54 Å². The molecule has 11 nitrogen and oxygen atoms in total. The van der Waals surface area contributed by atoms with Crippen LogP contribution in [0.25, 0.3) is 34.1 Å². The lowest BCUT2D eigenvalue weighted by atomic mass is 10.1. The molecule has 180 valence electrons. The van der Waals surface area contributed by atoms with Gasteiger partial charge in [0.2, 0.25) is 11.7 Å². The summed E-state index contributed by atoms with van der Waals surface area (Å²) in [5.74, 6) is 2.21. The Morgan fingerprint density at radius 2 is 2.08 bits per heavy atom. The van der Waals surface area contributed by atoms with Gasteiger partial charge in [-0.3, -0.25) is 9.78 Å². The number of imidazole rings is 1. The van der Waals surface area contributed by atoms with Crippen molar-refractivity contribution in [3.8, 4) is 34.5 Å². The van der Waals surface area contributed by atoms with Gasteiger partial charge in [0.15, 0.2) is 5.82 Å². The number of benzene rings is 1. The van der Waals surface area contributed by atoms with Crippen molar-refractivity contribution in [2.45, 2.75) is 26.0 Å². The zero-order valence-electron chi connectivity index (χ0n) is 19.3. The second-order valence-electron chi connectivity index (χ2n) is 8.46. The van der Waals surface area contributed by atoms with Crippen LogP contribution >= 0.6 is 0 Å². The number of likely N-dealkylation sites (tertiary alicyclic amines) is 1. The predicted octanol–water partition coefficient (Wildman–Crippen LogP) is 3.26. The van der Waals surface area contributed by atoms with Gasteiger partial charge in [0.1, 0.15) is 29.0 Å². The molecule has 1 aliphatic heterocycles. The molecule has 1 aromatic carbocycles. The number of aliphatic hydroxyl groups excluding tert-OH is 1. The van der Waals surface area contributed by atoms with Gasteiger partial charge in [-0.15, -0.1) is 0 Å². The van der Waals surface area contributed by atoms with Crippen LogP contribution < -0.4 is 4.74 Å². The number of carbonyl (C=O) groups excluding carboxylic acids is 1. The van der Waals surface area contributed by atoms with Crippen LogP contribution in [0.1, 0.15) is 17.9 Å². The van der Waals surface area contributed by atoms with E-state index in [4.69, 9.17) is 9.26 Å². The summed E-state index contributed by atoms with van der Waals surface area (Å²) in [6, 6.07) is 12.8. The SMILES string of the molecule is Cc1nc(-c2ccc(Oc3cc4nc(-c5ccccn5)[nH]c4cc3CN3CCC(O)C3=O)cn2)no1. The minimum atomic E-state index is -0.966. The summed E-state index contributed by atoms with van der Waals surface area (Å²) in [7, 11) is 0. The fourth-order valence-corrected chi connectivity index (χ4v) is 4.11. The monoisotopic (exact) mass is 483 g/mol. The summed E-state index contributed by atoms with van der Waals surface area (Å²) in [5.41, 5.74) is 3.50. The van der Waals surface area contributed by atoms with Crippen molar-refractivity contribution >= 4 is 16.9 Å². The van der Waals surface area contributed by atoms with Crippen molar-refractivity contribution in [1.82, 2.24) is 35.0 Å². The van der Waals surface area contributed by atoms with E-state index in [0.29, 0.717) is 58.9 Å². The topological polar surface area (TPSA) is 143 Å². The Kier molecular flexibility index (Phi) is 5.38. The molecule has 1 unspecified atom stereocenters. The fraction of sp³-hybridized carbons (Fsp3) is 0.200. The van der Waals surface area contributed by atoms with Gasteiger partial charge in [0, 0.05) is 37.8 Å². The summed E-state index contributed by atoms with van der Waals surface area (Å²) >= 11 is 0. The first-order valence-corrected chi connectivity index (χ1v) is 11.4. The van der Waals surface area contributed by atoms with Gasteiger partial charge in [0.25, 0.3) is 5.91 Å². The molecule has 11 heteroatoms. The molecule has 1 saturated heterocycles. The van der Waals surface area contributed by atoms with Crippen LogP contribution in [0.15, 0.2) is 59.4 Å². The Bertz CT molecular complexity index is 1550. The van der Waals surface area contributed by atoms with E-state index in [0.717, 1.165) is 11.1 Å². The first-order chi connectivity index (χ1) is 17.5. The van der Waals surface area contributed by atoms with Crippen molar-refractivity contribution in [2.24, 2.45) is 0 Å². The zero-order valence-corrected chi connectivity index (χ0v) is 19.3. The van der Waals surface area contributed by atoms with Crippen LogP contribution in [-0.2, 0) is 11.3 Å². The number of hydrogen-bond acceptors (Lipinski definition) is 9. The molecule has 5 heterocycles. The molecule has 1 amide bonds. The number of pyridine rings is 2. The molecule has 1 atom stereocenters. The van der Waals surface area contributed by atoms with Crippen molar-refractivity contribution in [3.05, 3.63) is 66.3 Å². The Balaban J connectivity index is 1.35. The first-order valence-electron chi connectivity index (χ1n) is 11.4. The number of aromatic nitrogens is 6. The van der Waals surface area contributed by atoms with Gasteiger partial charge >= 0.3 is 0 Å². The Morgan fingerprint density at radius 3 is 2.78 bits per heavy atom. The zero-order chi connectivity index (χ0) is 24.6. The molecule has 0 bridgehead atoms. The highest BCUT2D eigenvalue weighted by Gasteiger charge is 2.30. The van der Waals surface area contributed by atoms with E-state index in [9.17, 15) is 9.90 Å². The standard InChI is InChI=1S/C25H21N7O4/c1-14-28-24(31-36-14)18-6-5-16(12-27-18)35-22-11-20-19(29-23(30-20)17-4-2-3-8-26-17)10-15(22)13-32-9-7-21(33)25(32)34/h2-6,8,10-12,21,33H,7,9,13H2,1H3,(H,29,30). The van der Waals surface area contributed by atoms with Crippen LogP contribution in [0.5, 0.6) is 11.5 Å². The van der Waals surface area contributed by atoms with Crippen LogP contribution in [0.2, 0.25) is 0 Å². The molecule has 36 heavy (non-hydrogen) atoms. The van der Waals surface area contributed by atoms with Crippen LogP contribution in [0.3, 0.4) is 0 Å². The molecule has 0 aliphatic carbocycles. The lowest BCUT2D eigenvalue weighted by molar-refractivity contribution is -0.134. The molecule has 0 spiro atoms. The molecular weight excluding hydrogens is 462 g/mol. The number of hydrogen-bond donors (Lipinski definition) is 2. The number of aromatic amines is 1. The van der Waals surface area contributed by atoms with E-state index in [1.54, 1.807) is 36.4 Å². The Labute approximate surface area is 204 Å². The molecule has 5 aromatic rings. The van der Waals surface area contributed by atoms with E-state index in [1.807, 2.05) is 30.3 Å². The van der Waals surface area contributed by atoms with Crippen molar-refractivity contribution in [3.63, 3.8) is 0 Å². The van der Waals surface area contributed by atoms with E-state index < -0.39 is 6.10 Å². The minimum Gasteiger partial charge on any atom is -0.455 e. The average molecular weight is 483 g/mol. The maximum atomic E-state index is 12.4. The second-order valence-corrected chi connectivity index (χ2v) is 8.46. The van der Waals surface area contributed by atoms with Gasteiger partial charge < -0.3 is 24.3 Å². The number of nitrogens with zero attached hydrogens (tertiary/aromatic N) is 6. The fourth-order valence-electron chi connectivity index (χ4n) is 4.11. The lowest BCUT2D eigenvalue weighted by Gasteiger charge is -2.18. The van der Waals surface area contributed by atoms with E-state index in [-0.39, 0.29) is 12.5 Å². The number of fused-ring (bicyclic) bond motifs is 1. The third-order valence-corrected chi connectivity index (χ3v) is 5.92. The number of nitrogens with one attached hydrogen (secondary N) is 1. The minimum absolute atomic E-state index is 0.284. The number of rotatable bonds is 6. The lowest BCUT2D eigenvalue weighted by Crippen LogP contribution is -2.29. The summed E-state index contributed by atoms with van der Waals surface area (Å²) in [5, 5.41) is 13.8. The molecule has 2 N–H and O–H groups in total. The first kappa shape index (κ1) is 21.9.